The van der Waals surface area contributed by atoms with Gasteiger partial charge in [0.15, 0.2) is 0 Å². The maximum Gasteiger partial charge on any atom is 0.326 e. The molecule has 0 saturated heterocycles. The number of aromatic nitrogens is 1. The summed E-state index contributed by atoms with van der Waals surface area (Å²) in [7, 11) is -1.34. The van der Waals surface area contributed by atoms with E-state index >= 15 is 0 Å². The smallest absolute Gasteiger partial charge is 0.326 e. The van der Waals surface area contributed by atoms with Crippen molar-refractivity contribution >= 4 is 26.4 Å². The lowest BCUT2D eigenvalue weighted by Gasteiger charge is -2.27. The van der Waals surface area contributed by atoms with Gasteiger partial charge in [0.05, 0.1) is 12.6 Å². The molecule has 42 heavy (non-hydrogen) atoms. The molecule has 4 amide bonds. The number of halogens is 1. The molecule has 0 unspecified atom stereocenters. The number of carbonyl (C=O) groups is 3. The predicted molar refractivity (Wildman–Crippen MR) is 160 cm³/mol. The van der Waals surface area contributed by atoms with Crippen molar-refractivity contribution < 1.29 is 28.2 Å². The first-order chi connectivity index (χ1) is 20.1. The Morgan fingerprint density at radius 1 is 1.17 bits per heavy atom. The van der Waals surface area contributed by atoms with Crippen LogP contribution in [0.2, 0.25) is 25.7 Å². The van der Waals surface area contributed by atoms with Crippen LogP contribution in [-0.2, 0) is 16.1 Å². The van der Waals surface area contributed by atoms with Crippen molar-refractivity contribution in [3.05, 3.63) is 83.4 Å². The standard InChI is InChI=1S/C31H37FN4O5Si/c1-5-41-25-13-12-24-18-35(30(38)27(24)17-25)19-28(34-31(39)36(20-37)21-40-15-16-42(2,3)4)23-10-8-22(9-11-23)26-7-6-14-33-29(26)32/h6-14,17,20,28H,5,15-16,18-19,21H2,1-4H3,(H,34,39)/t28-/m0/s1. The van der Waals surface area contributed by atoms with Crippen molar-refractivity contribution in [2.24, 2.45) is 0 Å². The summed E-state index contributed by atoms with van der Waals surface area (Å²) < 4.78 is 25.5. The van der Waals surface area contributed by atoms with Crippen LogP contribution in [-0.4, -0.2) is 67.7 Å². The normalized spacial score (nSPS) is 13.5. The van der Waals surface area contributed by atoms with Gasteiger partial charge >= 0.3 is 6.03 Å². The highest BCUT2D eigenvalue weighted by Crippen LogP contribution is 2.30. The minimum Gasteiger partial charge on any atom is -0.494 e. The maximum absolute atomic E-state index is 14.3. The van der Waals surface area contributed by atoms with Crippen molar-refractivity contribution in [1.82, 2.24) is 20.1 Å². The van der Waals surface area contributed by atoms with Gasteiger partial charge in [-0.05, 0) is 53.9 Å². The Morgan fingerprint density at radius 3 is 2.60 bits per heavy atom. The molecule has 0 aliphatic carbocycles. The van der Waals surface area contributed by atoms with Gasteiger partial charge in [0, 0.05) is 45.1 Å². The van der Waals surface area contributed by atoms with Crippen molar-refractivity contribution in [2.75, 3.05) is 26.5 Å². The maximum atomic E-state index is 14.3. The number of rotatable bonds is 13. The number of pyridine rings is 1. The van der Waals surface area contributed by atoms with Gasteiger partial charge in [0.1, 0.15) is 12.5 Å². The highest BCUT2D eigenvalue weighted by atomic mass is 28.3. The molecule has 3 aromatic rings. The van der Waals surface area contributed by atoms with Crippen LogP contribution in [0.5, 0.6) is 5.75 Å². The van der Waals surface area contributed by atoms with Crippen LogP contribution < -0.4 is 10.1 Å². The molecule has 0 spiro atoms. The van der Waals surface area contributed by atoms with E-state index in [4.69, 9.17) is 9.47 Å². The zero-order valence-corrected chi connectivity index (χ0v) is 25.4. The van der Waals surface area contributed by atoms with E-state index in [9.17, 15) is 18.8 Å². The van der Waals surface area contributed by atoms with Gasteiger partial charge in [-0.2, -0.15) is 4.39 Å². The van der Waals surface area contributed by atoms with Crippen LogP contribution >= 0.6 is 0 Å². The number of nitrogens with one attached hydrogen (secondary N) is 1. The molecule has 2 heterocycles. The number of hydrogen-bond donors (Lipinski definition) is 1. The van der Waals surface area contributed by atoms with E-state index in [0.717, 1.165) is 16.5 Å². The van der Waals surface area contributed by atoms with E-state index < -0.39 is 26.1 Å². The third-order valence-electron chi connectivity index (χ3n) is 6.97. The fourth-order valence-corrected chi connectivity index (χ4v) is 5.36. The average Bonchev–Trinajstić information content (AvgIpc) is 3.27. The molecule has 1 aliphatic rings. The molecular formula is C31H37FN4O5Si. The Hall–Kier alpha value is -4.09. The third-order valence-corrected chi connectivity index (χ3v) is 8.67. The van der Waals surface area contributed by atoms with Crippen LogP contribution in [0.15, 0.2) is 60.8 Å². The second-order valence-corrected chi connectivity index (χ2v) is 16.9. The number of urea groups is 1. The van der Waals surface area contributed by atoms with Gasteiger partial charge < -0.3 is 19.7 Å². The highest BCUT2D eigenvalue weighted by molar-refractivity contribution is 6.76. The molecule has 1 N–H and O–H groups in total. The quantitative estimate of drug-likeness (QED) is 0.0930. The molecule has 0 fully saturated rings. The van der Waals surface area contributed by atoms with Gasteiger partial charge in [0.2, 0.25) is 12.4 Å². The third kappa shape index (κ3) is 7.80. The first kappa shape index (κ1) is 30.9. The molecule has 1 aromatic heterocycles. The molecule has 0 radical (unpaired) electrons. The molecule has 1 aliphatic heterocycles. The lowest BCUT2D eigenvalue weighted by molar-refractivity contribution is -0.119. The van der Waals surface area contributed by atoms with Crippen LogP contribution in [0.3, 0.4) is 0 Å². The summed E-state index contributed by atoms with van der Waals surface area (Å²) in [6.45, 7) is 9.79. The summed E-state index contributed by atoms with van der Waals surface area (Å²) in [5.41, 5.74) is 3.07. The number of hydrogen-bond acceptors (Lipinski definition) is 6. The fourth-order valence-electron chi connectivity index (χ4n) is 4.61. The SMILES string of the molecule is CCOc1ccc2c(c1)C(=O)N(C[C@H](NC(=O)N(C=O)COCC[Si](C)(C)C)c1ccc(-c3cccnc3F)cc1)C2. The van der Waals surface area contributed by atoms with Gasteiger partial charge in [-0.3, -0.25) is 9.59 Å². The van der Waals surface area contributed by atoms with E-state index in [1.54, 1.807) is 47.4 Å². The Labute approximate surface area is 246 Å². The molecule has 0 saturated carbocycles. The highest BCUT2D eigenvalue weighted by Gasteiger charge is 2.31. The Balaban J connectivity index is 1.54. The summed E-state index contributed by atoms with van der Waals surface area (Å²) in [6, 6.07) is 15.3. The zero-order chi connectivity index (χ0) is 30.3. The molecule has 222 valence electrons. The summed E-state index contributed by atoms with van der Waals surface area (Å²) >= 11 is 0. The van der Waals surface area contributed by atoms with Crippen LogP contribution in [0.1, 0.15) is 34.5 Å². The Bertz CT molecular complexity index is 1410. The topological polar surface area (TPSA) is 101 Å². The Kier molecular flexibility index (Phi) is 10.1. The second kappa shape index (κ2) is 13.7. The summed E-state index contributed by atoms with van der Waals surface area (Å²) in [5, 5.41) is 2.90. The molecule has 0 bridgehead atoms. The first-order valence-electron chi connectivity index (χ1n) is 14.0. The molecule has 4 rings (SSSR count). The van der Waals surface area contributed by atoms with Gasteiger partial charge in [0.25, 0.3) is 5.91 Å². The van der Waals surface area contributed by atoms with Gasteiger partial charge in [-0.1, -0.05) is 50.0 Å². The summed E-state index contributed by atoms with van der Waals surface area (Å²) in [4.78, 5) is 44.7. The number of ether oxygens (including phenoxy) is 2. The van der Waals surface area contributed by atoms with Gasteiger partial charge in [-0.25, -0.2) is 14.7 Å². The Morgan fingerprint density at radius 2 is 1.93 bits per heavy atom. The monoisotopic (exact) mass is 592 g/mol. The van der Waals surface area contributed by atoms with E-state index in [1.807, 2.05) is 19.1 Å². The van der Waals surface area contributed by atoms with Crippen molar-refractivity contribution in [1.29, 1.82) is 0 Å². The molecular weight excluding hydrogens is 555 g/mol. The van der Waals surface area contributed by atoms with Crippen LogP contribution in [0.25, 0.3) is 11.1 Å². The molecule has 1 atom stereocenters. The predicted octanol–water partition coefficient (Wildman–Crippen LogP) is 5.46. The number of carbonyl (C=O) groups excluding carboxylic acids is 3. The zero-order valence-electron chi connectivity index (χ0n) is 24.4. The van der Waals surface area contributed by atoms with Gasteiger partial charge in [-0.15, -0.1) is 0 Å². The lowest BCUT2D eigenvalue weighted by atomic mass is 10.0. The van der Waals surface area contributed by atoms with E-state index in [1.165, 1.54) is 6.20 Å². The van der Waals surface area contributed by atoms with Crippen molar-refractivity contribution in [3.8, 4) is 16.9 Å². The summed E-state index contributed by atoms with van der Waals surface area (Å²) in [5.74, 6) is -0.148. The van der Waals surface area contributed by atoms with Crippen molar-refractivity contribution in [2.45, 2.75) is 45.2 Å². The average molecular weight is 593 g/mol. The van der Waals surface area contributed by atoms with Crippen LogP contribution in [0.4, 0.5) is 9.18 Å². The minimum atomic E-state index is -1.34. The summed E-state index contributed by atoms with van der Waals surface area (Å²) in [6.07, 6.45) is 1.82. The lowest BCUT2D eigenvalue weighted by Crippen LogP contribution is -2.45. The number of fused-ring (bicyclic) bond motifs is 1. The number of imide groups is 1. The minimum absolute atomic E-state index is 0.146. The fraction of sp³-hybridized carbons (Fsp3) is 0.355. The van der Waals surface area contributed by atoms with Crippen molar-refractivity contribution in [3.63, 3.8) is 0 Å². The van der Waals surface area contributed by atoms with E-state index in [0.29, 0.717) is 54.2 Å². The van der Waals surface area contributed by atoms with E-state index in [2.05, 4.69) is 29.9 Å². The molecule has 9 nitrogen and oxygen atoms in total. The van der Waals surface area contributed by atoms with E-state index in [-0.39, 0.29) is 19.2 Å². The molecule has 11 heteroatoms. The second-order valence-electron chi connectivity index (χ2n) is 11.3. The molecule has 2 aromatic carbocycles. The number of nitrogens with zero attached hydrogens (tertiary/aromatic N) is 3. The van der Waals surface area contributed by atoms with Crippen LogP contribution in [0, 0.1) is 5.95 Å². The number of amides is 4. The first-order valence-corrected chi connectivity index (χ1v) is 17.7. The largest absolute Gasteiger partial charge is 0.494 e. The number of benzene rings is 2.